The molecule has 112 valence electrons. The molecular formula is C17H22N2O2. The molecule has 0 spiro atoms. The first-order chi connectivity index (χ1) is 10.2. The Balaban J connectivity index is 2.32. The van der Waals surface area contributed by atoms with E-state index < -0.39 is 5.97 Å². The molecule has 0 aliphatic carbocycles. The smallest absolute Gasteiger partial charge is 0.352 e. The van der Waals surface area contributed by atoms with Crippen LogP contribution in [-0.2, 0) is 6.54 Å². The lowest BCUT2D eigenvalue weighted by Gasteiger charge is -2.30. The average molecular weight is 286 g/mol. The second-order valence-electron chi connectivity index (χ2n) is 5.00. The van der Waals surface area contributed by atoms with Gasteiger partial charge in [-0.25, -0.2) is 4.79 Å². The van der Waals surface area contributed by atoms with E-state index in [0.717, 1.165) is 13.1 Å². The standard InChI is InChI=1S/C17H22N2O2/c1-3-18(4-2)16(14-9-6-5-7-10-14)13-19-12-8-11-15(19)17(20)21/h5-12,16H,3-4,13H2,1-2H3,(H,20,21). The Morgan fingerprint density at radius 1 is 1.14 bits per heavy atom. The average Bonchev–Trinajstić information content (AvgIpc) is 2.97. The van der Waals surface area contributed by atoms with Crippen LogP contribution in [0.3, 0.4) is 0 Å². The number of rotatable bonds is 7. The molecule has 1 N–H and O–H groups in total. The molecular weight excluding hydrogens is 264 g/mol. The number of aromatic carboxylic acids is 1. The van der Waals surface area contributed by atoms with E-state index in [-0.39, 0.29) is 6.04 Å². The largest absolute Gasteiger partial charge is 0.477 e. The van der Waals surface area contributed by atoms with Gasteiger partial charge in [-0.1, -0.05) is 44.2 Å². The van der Waals surface area contributed by atoms with Gasteiger partial charge in [-0.15, -0.1) is 0 Å². The van der Waals surface area contributed by atoms with E-state index in [2.05, 4.69) is 30.9 Å². The number of carboxylic acids is 1. The summed E-state index contributed by atoms with van der Waals surface area (Å²) < 4.78 is 1.82. The zero-order valence-electron chi connectivity index (χ0n) is 12.6. The highest BCUT2D eigenvalue weighted by Gasteiger charge is 2.20. The summed E-state index contributed by atoms with van der Waals surface area (Å²) in [5.41, 5.74) is 1.55. The van der Waals surface area contributed by atoms with E-state index in [9.17, 15) is 9.90 Å². The van der Waals surface area contributed by atoms with E-state index in [1.54, 1.807) is 12.1 Å². The summed E-state index contributed by atoms with van der Waals surface area (Å²) in [6.45, 7) is 6.76. The lowest BCUT2D eigenvalue weighted by Crippen LogP contribution is -2.32. The number of aromatic nitrogens is 1. The maximum Gasteiger partial charge on any atom is 0.352 e. The fourth-order valence-electron chi connectivity index (χ4n) is 2.73. The highest BCUT2D eigenvalue weighted by Crippen LogP contribution is 2.23. The molecule has 1 unspecified atom stereocenters. The molecule has 21 heavy (non-hydrogen) atoms. The van der Waals surface area contributed by atoms with Crippen molar-refractivity contribution in [1.82, 2.24) is 9.47 Å². The van der Waals surface area contributed by atoms with Crippen molar-refractivity contribution >= 4 is 5.97 Å². The van der Waals surface area contributed by atoms with Crippen molar-refractivity contribution < 1.29 is 9.90 Å². The molecule has 4 heteroatoms. The van der Waals surface area contributed by atoms with Crippen molar-refractivity contribution in [1.29, 1.82) is 0 Å². The highest BCUT2D eigenvalue weighted by atomic mass is 16.4. The maximum absolute atomic E-state index is 11.3. The van der Waals surface area contributed by atoms with E-state index in [1.807, 2.05) is 29.0 Å². The van der Waals surface area contributed by atoms with Gasteiger partial charge in [-0.3, -0.25) is 4.90 Å². The molecule has 2 rings (SSSR count). The van der Waals surface area contributed by atoms with Crippen molar-refractivity contribution in [2.45, 2.75) is 26.4 Å². The van der Waals surface area contributed by atoms with Gasteiger partial charge in [0.15, 0.2) is 0 Å². The van der Waals surface area contributed by atoms with Gasteiger partial charge in [0.1, 0.15) is 5.69 Å². The van der Waals surface area contributed by atoms with Crippen LogP contribution in [-0.4, -0.2) is 33.6 Å². The summed E-state index contributed by atoms with van der Waals surface area (Å²) in [5.74, 6) is -0.883. The van der Waals surface area contributed by atoms with Crippen LogP contribution in [0.25, 0.3) is 0 Å². The van der Waals surface area contributed by atoms with Crippen molar-refractivity contribution in [3.63, 3.8) is 0 Å². The number of likely N-dealkylation sites (N-methyl/N-ethyl adjacent to an activating group) is 1. The lowest BCUT2D eigenvalue weighted by atomic mass is 10.0. The monoisotopic (exact) mass is 286 g/mol. The van der Waals surface area contributed by atoms with Gasteiger partial charge in [0, 0.05) is 12.7 Å². The molecule has 0 fully saturated rings. The third-order valence-corrected chi connectivity index (χ3v) is 3.86. The van der Waals surface area contributed by atoms with Crippen molar-refractivity contribution in [2.24, 2.45) is 0 Å². The predicted molar refractivity (Wildman–Crippen MR) is 83.5 cm³/mol. The number of hydrogen-bond acceptors (Lipinski definition) is 2. The summed E-state index contributed by atoms with van der Waals surface area (Å²) in [5, 5.41) is 9.26. The molecule has 1 aromatic carbocycles. The topological polar surface area (TPSA) is 45.5 Å². The molecule has 0 saturated carbocycles. The van der Waals surface area contributed by atoms with Crippen molar-refractivity contribution in [3.05, 3.63) is 59.9 Å². The molecule has 0 aliphatic rings. The van der Waals surface area contributed by atoms with Crippen LogP contribution >= 0.6 is 0 Å². The second-order valence-corrected chi connectivity index (χ2v) is 5.00. The molecule has 0 amide bonds. The van der Waals surface area contributed by atoms with Crippen LogP contribution in [0.2, 0.25) is 0 Å². The summed E-state index contributed by atoms with van der Waals surface area (Å²) in [6, 6.07) is 13.9. The minimum Gasteiger partial charge on any atom is -0.477 e. The van der Waals surface area contributed by atoms with E-state index in [1.165, 1.54) is 5.56 Å². The first kappa shape index (κ1) is 15.3. The van der Waals surface area contributed by atoms with Gasteiger partial charge in [0.2, 0.25) is 0 Å². The Labute approximate surface area is 125 Å². The second kappa shape index (κ2) is 7.09. The van der Waals surface area contributed by atoms with Gasteiger partial charge in [0.25, 0.3) is 0 Å². The number of benzene rings is 1. The molecule has 0 bridgehead atoms. The normalized spacial score (nSPS) is 12.5. The SMILES string of the molecule is CCN(CC)C(Cn1cccc1C(=O)O)c1ccccc1. The number of carboxylic acid groups (broad SMARTS) is 1. The van der Waals surface area contributed by atoms with Gasteiger partial charge >= 0.3 is 5.97 Å². The predicted octanol–water partition coefficient (Wildman–Crippen LogP) is 3.27. The van der Waals surface area contributed by atoms with E-state index in [0.29, 0.717) is 12.2 Å². The zero-order chi connectivity index (χ0) is 15.2. The van der Waals surface area contributed by atoms with Crippen LogP contribution < -0.4 is 0 Å². The van der Waals surface area contributed by atoms with Crippen molar-refractivity contribution in [2.75, 3.05) is 13.1 Å². The quantitative estimate of drug-likeness (QED) is 0.849. The summed E-state index contributed by atoms with van der Waals surface area (Å²) >= 11 is 0. The fraction of sp³-hybridized carbons (Fsp3) is 0.353. The molecule has 1 atom stereocenters. The minimum atomic E-state index is -0.883. The number of carbonyl (C=O) groups is 1. The molecule has 2 aromatic rings. The third kappa shape index (κ3) is 3.52. The maximum atomic E-state index is 11.3. The first-order valence-corrected chi connectivity index (χ1v) is 7.34. The van der Waals surface area contributed by atoms with Crippen LogP contribution in [0.15, 0.2) is 48.7 Å². The molecule has 4 nitrogen and oxygen atoms in total. The molecule has 0 radical (unpaired) electrons. The molecule has 1 heterocycles. The Morgan fingerprint density at radius 3 is 2.38 bits per heavy atom. The van der Waals surface area contributed by atoms with E-state index >= 15 is 0 Å². The summed E-state index contributed by atoms with van der Waals surface area (Å²) in [7, 11) is 0. The lowest BCUT2D eigenvalue weighted by molar-refractivity contribution is 0.0682. The van der Waals surface area contributed by atoms with Crippen LogP contribution in [0, 0.1) is 0 Å². The van der Waals surface area contributed by atoms with Crippen LogP contribution in [0.4, 0.5) is 0 Å². The fourth-order valence-corrected chi connectivity index (χ4v) is 2.73. The molecule has 0 aliphatic heterocycles. The number of nitrogens with zero attached hydrogens (tertiary/aromatic N) is 2. The molecule has 0 saturated heterocycles. The van der Waals surface area contributed by atoms with Gasteiger partial charge in [0.05, 0.1) is 6.04 Å². The Bertz CT molecular complexity index is 573. The van der Waals surface area contributed by atoms with Crippen LogP contribution in [0.5, 0.6) is 0 Å². The summed E-state index contributed by atoms with van der Waals surface area (Å²) in [4.78, 5) is 13.6. The highest BCUT2D eigenvalue weighted by molar-refractivity contribution is 5.85. The Hall–Kier alpha value is -2.07. The van der Waals surface area contributed by atoms with Gasteiger partial charge in [-0.05, 0) is 30.8 Å². The Kier molecular flexibility index (Phi) is 5.17. The third-order valence-electron chi connectivity index (χ3n) is 3.86. The van der Waals surface area contributed by atoms with Crippen molar-refractivity contribution in [3.8, 4) is 0 Å². The molecule has 1 aromatic heterocycles. The first-order valence-electron chi connectivity index (χ1n) is 7.34. The number of hydrogen-bond donors (Lipinski definition) is 1. The zero-order valence-corrected chi connectivity index (χ0v) is 12.6. The van der Waals surface area contributed by atoms with Crippen LogP contribution in [0.1, 0.15) is 35.9 Å². The van der Waals surface area contributed by atoms with Gasteiger partial charge in [-0.2, -0.15) is 0 Å². The van der Waals surface area contributed by atoms with E-state index in [4.69, 9.17) is 0 Å². The summed E-state index contributed by atoms with van der Waals surface area (Å²) in [6.07, 6.45) is 1.84. The Morgan fingerprint density at radius 2 is 1.81 bits per heavy atom. The van der Waals surface area contributed by atoms with Gasteiger partial charge < -0.3 is 9.67 Å². The minimum absolute atomic E-state index is 0.173.